The highest BCUT2D eigenvalue weighted by atomic mass is 19.1. The Morgan fingerprint density at radius 1 is 1.40 bits per heavy atom. The van der Waals surface area contributed by atoms with Crippen molar-refractivity contribution in [1.82, 2.24) is 5.32 Å². The Labute approximate surface area is 117 Å². The number of rotatable bonds is 6. The molecule has 0 heterocycles. The molecule has 0 spiro atoms. The number of carboxylic acid groups (broad SMARTS) is 1. The van der Waals surface area contributed by atoms with Crippen molar-refractivity contribution in [2.45, 2.75) is 26.3 Å². The number of benzene rings is 1. The Kier molecular flexibility index (Phi) is 5.90. The van der Waals surface area contributed by atoms with Crippen LogP contribution in [0.3, 0.4) is 0 Å². The van der Waals surface area contributed by atoms with Gasteiger partial charge in [0.2, 0.25) is 5.91 Å². The molecule has 0 aliphatic carbocycles. The number of carbonyl (C=O) groups is 2. The minimum Gasteiger partial charge on any atom is -0.480 e. The van der Waals surface area contributed by atoms with Gasteiger partial charge in [-0.1, -0.05) is 26.0 Å². The topological polar surface area (TPSA) is 66.4 Å². The summed E-state index contributed by atoms with van der Waals surface area (Å²) in [7, 11) is 0. The molecule has 0 radical (unpaired) electrons. The maximum absolute atomic E-state index is 12.9. The van der Waals surface area contributed by atoms with E-state index in [4.69, 9.17) is 5.11 Å². The molecule has 0 saturated heterocycles. The maximum atomic E-state index is 12.9. The highest BCUT2D eigenvalue weighted by Gasteiger charge is 2.19. The molecule has 0 saturated carbocycles. The van der Waals surface area contributed by atoms with Crippen LogP contribution in [0.15, 0.2) is 30.3 Å². The van der Waals surface area contributed by atoms with Gasteiger partial charge in [-0.15, -0.1) is 0 Å². The number of carbonyl (C=O) groups excluding carboxylic acids is 1. The van der Waals surface area contributed by atoms with Crippen molar-refractivity contribution in [3.63, 3.8) is 0 Å². The molecule has 0 aliphatic heterocycles. The average molecular weight is 279 g/mol. The largest absolute Gasteiger partial charge is 0.480 e. The molecular weight excluding hydrogens is 261 g/mol. The number of hydrogen-bond donors (Lipinski definition) is 2. The van der Waals surface area contributed by atoms with Crippen LogP contribution in [0.5, 0.6) is 0 Å². The Balaban J connectivity index is 2.63. The van der Waals surface area contributed by atoms with E-state index in [1.54, 1.807) is 6.07 Å². The average Bonchev–Trinajstić information content (AvgIpc) is 2.35. The first kappa shape index (κ1) is 15.9. The Morgan fingerprint density at radius 3 is 2.65 bits per heavy atom. The van der Waals surface area contributed by atoms with Crippen LogP contribution in [-0.4, -0.2) is 23.0 Å². The molecule has 108 valence electrons. The summed E-state index contributed by atoms with van der Waals surface area (Å²) in [6.45, 7) is 3.76. The fourth-order valence-corrected chi connectivity index (χ4v) is 1.69. The van der Waals surface area contributed by atoms with Gasteiger partial charge in [-0.05, 0) is 36.1 Å². The van der Waals surface area contributed by atoms with Gasteiger partial charge in [0.1, 0.15) is 11.9 Å². The Hall–Kier alpha value is -2.17. The molecule has 1 aromatic rings. The summed E-state index contributed by atoms with van der Waals surface area (Å²) in [6.07, 6.45) is 2.99. The molecule has 20 heavy (non-hydrogen) atoms. The number of halogens is 1. The smallest absolute Gasteiger partial charge is 0.326 e. The van der Waals surface area contributed by atoms with Gasteiger partial charge in [0.05, 0.1) is 0 Å². The van der Waals surface area contributed by atoms with Crippen molar-refractivity contribution in [2.75, 3.05) is 0 Å². The van der Waals surface area contributed by atoms with E-state index in [9.17, 15) is 14.0 Å². The van der Waals surface area contributed by atoms with Gasteiger partial charge in [-0.25, -0.2) is 9.18 Å². The van der Waals surface area contributed by atoms with Crippen LogP contribution < -0.4 is 5.32 Å². The second-order valence-corrected chi connectivity index (χ2v) is 4.92. The molecule has 1 atom stereocenters. The summed E-state index contributed by atoms with van der Waals surface area (Å²) < 4.78 is 12.9. The monoisotopic (exact) mass is 279 g/mol. The Morgan fingerprint density at radius 2 is 2.10 bits per heavy atom. The lowest BCUT2D eigenvalue weighted by Gasteiger charge is -2.15. The molecule has 0 aliphatic rings. The fraction of sp³-hybridized carbons (Fsp3) is 0.333. The van der Waals surface area contributed by atoms with E-state index in [1.807, 2.05) is 13.8 Å². The van der Waals surface area contributed by atoms with Crippen LogP contribution >= 0.6 is 0 Å². The molecule has 0 fully saturated rings. The van der Waals surface area contributed by atoms with Gasteiger partial charge in [-0.2, -0.15) is 0 Å². The van der Waals surface area contributed by atoms with Crippen LogP contribution in [0, 0.1) is 11.7 Å². The number of nitrogens with one attached hydrogen (secondary N) is 1. The predicted molar refractivity (Wildman–Crippen MR) is 74.5 cm³/mol. The minimum absolute atomic E-state index is 0.156. The third-order valence-corrected chi connectivity index (χ3v) is 2.60. The summed E-state index contributed by atoms with van der Waals surface area (Å²) in [5.74, 6) is -1.81. The second kappa shape index (κ2) is 7.43. The van der Waals surface area contributed by atoms with Crippen molar-refractivity contribution in [1.29, 1.82) is 0 Å². The minimum atomic E-state index is -1.06. The van der Waals surface area contributed by atoms with Crippen molar-refractivity contribution >= 4 is 18.0 Å². The predicted octanol–water partition coefficient (Wildman–Crippen LogP) is 2.45. The summed E-state index contributed by atoms with van der Waals surface area (Å²) >= 11 is 0. The SMILES string of the molecule is CC(C)CC(NC(=O)/C=C/c1cccc(F)c1)C(=O)O. The van der Waals surface area contributed by atoms with Gasteiger partial charge in [0.15, 0.2) is 0 Å². The number of hydrogen-bond acceptors (Lipinski definition) is 2. The van der Waals surface area contributed by atoms with Crippen LogP contribution in [0.1, 0.15) is 25.8 Å². The summed E-state index contributed by atoms with van der Waals surface area (Å²) in [5, 5.41) is 11.4. The molecule has 1 rings (SSSR count). The first-order chi connectivity index (χ1) is 9.38. The lowest BCUT2D eigenvalue weighted by atomic mass is 10.0. The third kappa shape index (κ3) is 5.65. The zero-order valence-electron chi connectivity index (χ0n) is 11.5. The van der Waals surface area contributed by atoms with Crippen molar-refractivity contribution in [2.24, 2.45) is 5.92 Å². The number of amides is 1. The first-order valence-corrected chi connectivity index (χ1v) is 6.35. The van der Waals surface area contributed by atoms with Crippen molar-refractivity contribution < 1.29 is 19.1 Å². The van der Waals surface area contributed by atoms with E-state index >= 15 is 0 Å². The lowest BCUT2D eigenvalue weighted by Crippen LogP contribution is -2.40. The van der Waals surface area contributed by atoms with E-state index in [0.717, 1.165) is 0 Å². The second-order valence-electron chi connectivity index (χ2n) is 4.92. The van der Waals surface area contributed by atoms with Crippen LogP contribution in [0.4, 0.5) is 4.39 Å². The number of carboxylic acids is 1. The normalized spacial score (nSPS) is 12.6. The van der Waals surface area contributed by atoms with E-state index in [2.05, 4.69) is 5.32 Å². The van der Waals surface area contributed by atoms with Gasteiger partial charge in [-0.3, -0.25) is 4.79 Å². The summed E-state index contributed by atoms with van der Waals surface area (Å²) in [5.41, 5.74) is 0.538. The van der Waals surface area contributed by atoms with Crippen molar-refractivity contribution in [3.8, 4) is 0 Å². The molecule has 4 nitrogen and oxygen atoms in total. The van der Waals surface area contributed by atoms with E-state index in [-0.39, 0.29) is 5.92 Å². The van der Waals surface area contributed by atoms with Gasteiger partial charge in [0, 0.05) is 6.08 Å². The molecule has 2 N–H and O–H groups in total. The quantitative estimate of drug-likeness (QED) is 0.786. The zero-order chi connectivity index (χ0) is 15.1. The lowest BCUT2D eigenvalue weighted by molar-refractivity contribution is -0.141. The zero-order valence-corrected chi connectivity index (χ0v) is 11.5. The van der Waals surface area contributed by atoms with E-state index < -0.39 is 23.7 Å². The first-order valence-electron chi connectivity index (χ1n) is 6.35. The molecule has 1 amide bonds. The molecule has 1 aromatic carbocycles. The summed E-state index contributed by atoms with van der Waals surface area (Å²) in [4.78, 5) is 22.6. The fourth-order valence-electron chi connectivity index (χ4n) is 1.69. The van der Waals surface area contributed by atoms with Crippen molar-refractivity contribution in [3.05, 3.63) is 41.7 Å². The maximum Gasteiger partial charge on any atom is 0.326 e. The molecule has 0 bridgehead atoms. The van der Waals surface area contributed by atoms with Gasteiger partial charge in [0.25, 0.3) is 0 Å². The third-order valence-electron chi connectivity index (χ3n) is 2.60. The van der Waals surface area contributed by atoms with E-state index in [0.29, 0.717) is 12.0 Å². The standard InChI is InChI=1S/C15H18FNO3/c1-10(2)8-13(15(19)20)17-14(18)7-6-11-4-3-5-12(16)9-11/h3-7,9-10,13H,8H2,1-2H3,(H,17,18)(H,19,20)/b7-6+. The molecular formula is C15H18FNO3. The van der Waals surface area contributed by atoms with E-state index in [1.165, 1.54) is 30.4 Å². The summed E-state index contributed by atoms with van der Waals surface area (Å²) in [6, 6.07) is 4.86. The highest BCUT2D eigenvalue weighted by Crippen LogP contribution is 2.07. The molecule has 0 aromatic heterocycles. The Bertz CT molecular complexity index is 512. The van der Waals surface area contributed by atoms with Crippen LogP contribution in [-0.2, 0) is 9.59 Å². The molecule has 1 unspecified atom stereocenters. The van der Waals surface area contributed by atoms with Gasteiger partial charge < -0.3 is 10.4 Å². The number of aliphatic carboxylic acids is 1. The molecule has 5 heteroatoms. The van der Waals surface area contributed by atoms with Gasteiger partial charge >= 0.3 is 5.97 Å². The highest BCUT2D eigenvalue weighted by molar-refractivity contribution is 5.94. The van der Waals surface area contributed by atoms with Crippen LogP contribution in [0.25, 0.3) is 6.08 Å². The van der Waals surface area contributed by atoms with Crippen LogP contribution in [0.2, 0.25) is 0 Å².